The Bertz CT molecular complexity index is 650. The molecule has 0 atom stereocenters. The number of halogens is 1. The van der Waals surface area contributed by atoms with E-state index < -0.39 is 0 Å². The molecule has 0 fully saturated rings. The van der Waals surface area contributed by atoms with Crippen molar-refractivity contribution >= 4 is 11.6 Å². The summed E-state index contributed by atoms with van der Waals surface area (Å²) >= 11 is 6.16. The molecule has 0 spiro atoms. The average Bonchev–Trinajstić information content (AvgIpc) is 2.88. The summed E-state index contributed by atoms with van der Waals surface area (Å²) in [4.78, 5) is 0. The Balaban J connectivity index is 1.84. The normalized spacial score (nSPS) is 12.9. The first kappa shape index (κ1) is 13.3. The van der Waals surface area contributed by atoms with Gasteiger partial charge in [0.1, 0.15) is 18.1 Å². The third kappa shape index (κ3) is 2.48. The highest BCUT2D eigenvalue weighted by atomic mass is 35.5. The van der Waals surface area contributed by atoms with Crippen LogP contribution in [0.5, 0.6) is 11.5 Å². The van der Waals surface area contributed by atoms with E-state index in [2.05, 4.69) is 19.9 Å². The zero-order valence-corrected chi connectivity index (χ0v) is 12.5. The molecule has 0 bridgehead atoms. The van der Waals surface area contributed by atoms with Crippen LogP contribution in [0.25, 0.3) is 0 Å². The predicted molar refractivity (Wildman–Crippen MR) is 80.9 cm³/mol. The van der Waals surface area contributed by atoms with Crippen LogP contribution < -0.4 is 9.47 Å². The van der Waals surface area contributed by atoms with Crippen molar-refractivity contribution in [2.24, 2.45) is 0 Å². The van der Waals surface area contributed by atoms with Gasteiger partial charge in [0.2, 0.25) is 0 Å². The zero-order chi connectivity index (χ0) is 14.1. The zero-order valence-electron chi connectivity index (χ0n) is 11.7. The van der Waals surface area contributed by atoms with Crippen molar-refractivity contribution in [3.63, 3.8) is 0 Å². The minimum Gasteiger partial charge on any atom is -0.493 e. The topological polar surface area (TPSA) is 18.5 Å². The van der Waals surface area contributed by atoms with Gasteiger partial charge < -0.3 is 9.47 Å². The van der Waals surface area contributed by atoms with Crippen molar-refractivity contribution < 1.29 is 9.47 Å². The Hall–Kier alpha value is -1.67. The average molecular weight is 289 g/mol. The molecular weight excluding hydrogens is 272 g/mol. The molecular formula is C17H17ClO2. The van der Waals surface area contributed by atoms with Crippen molar-refractivity contribution in [3.05, 3.63) is 57.6 Å². The summed E-state index contributed by atoms with van der Waals surface area (Å²) in [7, 11) is 0. The van der Waals surface area contributed by atoms with Gasteiger partial charge in [0.05, 0.1) is 6.61 Å². The molecule has 20 heavy (non-hydrogen) atoms. The maximum Gasteiger partial charge on any atom is 0.129 e. The van der Waals surface area contributed by atoms with Gasteiger partial charge in [-0.05, 0) is 48.7 Å². The van der Waals surface area contributed by atoms with Crippen LogP contribution in [0.4, 0.5) is 0 Å². The molecule has 0 radical (unpaired) electrons. The van der Waals surface area contributed by atoms with E-state index in [9.17, 15) is 0 Å². The van der Waals surface area contributed by atoms with Crippen molar-refractivity contribution in [2.75, 3.05) is 6.61 Å². The van der Waals surface area contributed by atoms with E-state index in [4.69, 9.17) is 21.1 Å². The van der Waals surface area contributed by atoms with Gasteiger partial charge in [-0.15, -0.1) is 0 Å². The van der Waals surface area contributed by atoms with Crippen LogP contribution in [0.1, 0.15) is 22.3 Å². The third-order valence-electron chi connectivity index (χ3n) is 3.76. The maximum absolute atomic E-state index is 6.16. The number of ether oxygens (including phenoxy) is 2. The van der Waals surface area contributed by atoms with Gasteiger partial charge in [-0.25, -0.2) is 0 Å². The molecule has 1 aliphatic heterocycles. The molecule has 0 aliphatic carbocycles. The molecule has 0 unspecified atom stereocenters. The maximum atomic E-state index is 6.16. The van der Waals surface area contributed by atoms with Crippen LogP contribution in [0.3, 0.4) is 0 Å². The van der Waals surface area contributed by atoms with E-state index >= 15 is 0 Å². The van der Waals surface area contributed by atoms with Gasteiger partial charge in [0.15, 0.2) is 0 Å². The minimum absolute atomic E-state index is 0.479. The molecule has 1 aliphatic rings. The molecule has 0 N–H and O–H groups in total. The standard InChI is InChI=1S/C17H17ClO2/c1-11-4-3-5-16(12(11)2)20-10-14-9-15(18)8-13-6-7-19-17(13)14/h3-5,8-9H,6-7,10H2,1-2H3. The van der Waals surface area contributed by atoms with E-state index in [0.717, 1.165) is 35.1 Å². The number of rotatable bonds is 3. The Kier molecular flexibility index (Phi) is 3.58. The smallest absolute Gasteiger partial charge is 0.129 e. The molecule has 3 rings (SSSR count). The predicted octanol–water partition coefficient (Wildman–Crippen LogP) is 4.47. The molecule has 2 nitrogen and oxygen atoms in total. The van der Waals surface area contributed by atoms with Gasteiger partial charge in [-0.2, -0.15) is 0 Å². The lowest BCUT2D eigenvalue weighted by molar-refractivity contribution is 0.290. The first-order chi connectivity index (χ1) is 9.65. The number of fused-ring (bicyclic) bond motifs is 1. The van der Waals surface area contributed by atoms with Crippen LogP contribution in [0, 0.1) is 13.8 Å². The summed E-state index contributed by atoms with van der Waals surface area (Å²) in [6, 6.07) is 10.00. The van der Waals surface area contributed by atoms with Crippen molar-refractivity contribution in [3.8, 4) is 11.5 Å². The van der Waals surface area contributed by atoms with E-state index in [1.807, 2.05) is 24.3 Å². The van der Waals surface area contributed by atoms with E-state index in [1.165, 1.54) is 16.7 Å². The minimum atomic E-state index is 0.479. The Morgan fingerprint density at radius 3 is 2.95 bits per heavy atom. The van der Waals surface area contributed by atoms with Gasteiger partial charge in [-0.1, -0.05) is 23.7 Å². The molecule has 2 aromatic carbocycles. The van der Waals surface area contributed by atoms with E-state index in [0.29, 0.717) is 6.61 Å². The lowest BCUT2D eigenvalue weighted by Gasteiger charge is -2.13. The highest BCUT2D eigenvalue weighted by Crippen LogP contribution is 2.34. The molecule has 0 saturated carbocycles. The molecule has 0 saturated heterocycles. The van der Waals surface area contributed by atoms with Crippen molar-refractivity contribution in [2.45, 2.75) is 26.9 Å². The van der Waals surface area contributed by atoms with Crippen LogP contribution in [-0.4, -0.2) is 6.61 Å². The fourth-order valence-electron chi connectivity index (χ4n) is 2.49. The van der Waals surface area contributed by atoms with Gasteiger partial charge in [0, 0.05) is 17.0 Å². The third-order valence-corrected chi connectivity index (χ3v) is 3.98. The van der Waals surface area contributed by atoms with E-state index in [-0.39, 0.29) is 0 Å². The van der Waals surface area contributed by atoms with Gasteiger partial charge >= 0.3 is 0 Å². The van der Waals surface area contributed by atoms with Gasteiger partial charge in [-0.3, -0.25) is 0 Å². The molecule has 104 valence electrons. The fraction of sp³-hybridized carbons (Fsp3) is 0.294. The van der Waals surface area contributed by atoms with Gasteiger partial charge in [0.25, 0.3) is 0 Å². The second-order valence-corrected chi connectivity index (χ2v) is 5.57. The quantitative estimate of drug-likeness (QED) is 0.829. The number of hydrogen-bond acceptors (Lipinski definition) is 2. The lowest BCUT2D eigenvalue weighted by atomic mass is 10.1. The highest BCUT2D eigenvalue weighted by Gasteiger charge is 2.18. The second-order valence-electron chi connectivity index (χ2n) is 5.14. The molecule has 0 amide bonds. The SMILES string of the molecule is Cc1cccc(OCc2cc(Cl)cc3c2OCC3)c1C. The Labute approximate surface area is 124 Å². The highest BCUT2D eigenvalue weighted by molar-refractivity contribution is 6.30. The molecule has 1 heterocycles. The summed E-state index contributed by atoms with van der Waals surface area (Å²) < 4.78 is 11.6. The monoisotopic (exact) mass is 288 g/mol. The number of benzene rings is 2. The molecule has 2 aromatic rings. The van der Waals surface area contributed by atoms with Crippen LogP contribution in [0.2, 0.25) is 5.02 Å². The van der Waals surface area contributed by atoms with E-state index in [1.54, 1.807) is 0 Å². The largest absolute Gasteiger partial charge is 0.493 e. The number of hydrogen-bond donors (Lipinski definition) is 0. The first-order valence-electron chi connectivity index (χ1n) is 6.78. The summed E-state index contributed by atoms with van der Waals surface area (Å²) in [6.45, 7) is 5.37. The molecule has 3 heteroatoms. The number of aryl methyl sites for hydroxylation is 1. The lowest BCUT2D eigenvalue weighted by Crippen LogP contribution is -2.00. The fourth-order valence-corrected chi connectivity index (χ4v) is 2.75. The Morgan fingerprint density at radius 2 is 2.10 bits per heavy atom. The summed E-state index contributed by atoms with van der Waals surface area (Å²) in [5.74, 6) is 1.86. The Morgan fingerprint density at radius 1 is 1.25 bits per heavy atom. The van der Waals surface area contributed by atoms with Crippen LogP contribution in [-0.2, 0) is 13.0 Å². The van der Waals surface area contributed by atoms with Crippen molar-refractivity contribution in [1.82, 2.24) is 0 Å². The second kappa shape index (κ2) is 5.37. The summed E-state index contributed by atoms with van der Waals surface area (Å²) in [5.41, 5.74) is 4.60. The first-order valence-corrected chi connectivity index (χ1v) is 7.16. The summed E-state index contributed by atoms with van der Waals surface area (Å²) in [5, 5.41) is 0.744. The summed E-state index contributed by atoms with van der Waals surface area (Å²) in [6.07, 6.45) is 0.923. The van der Waals surface area contributed by atoms with Crippen LogP contribution in [0.15, 0.2) is 30.3 Å². The van der Waals surface area contributed by atoms with Crippen molar-refractivity contribution in [1.29, 1.82) is 0 Å². The molecule has 0 aromatic heterocycles. The van der Waals surface area contributed by atoms with Crippen LogP contribution >= 0.6 is 11.6 Å².